The quantitative estimate of drug-likeness (QED) is 0.697. The van der Waals surface area contributed by atoms with Crippen LogP contribution in [-0.2, 0) is 4.79 Å². The molecule has 5 heteroatoms. The van der Waals surface area contributed by atoms with Crippen LogP contribution in [0.4, 0.5) is 0 Å². The molecule has 1 heterocycles. The van der Waals surface area contributed by atoms with Crippen molar-refractivity contribution in [3.63, 3.8) is 0 Å². The van der Waals surface area contributed by atoms with Crippen LogP contribution in [0.1, 0.15) is 40.0 Å². The van der Waals surface area contributed by atoms with Gasteiger partial charge in [0.05, 0.1) is 5.75 Å². The van der Waals surface area contributed by atoms with Crippen molar-refractivity contribution < 1.29 is 4.79 Å². The van der Waals surface area contributed by atoms with E-state index in [1.165, 1.54) is 6.42 Å². The van der Waals surface area contributed by atoms with E-state index in [-0.39, 0.29) is 12.4 Å². The summed E-state index contributed by atoms with van der Waals surface area (Å²) in [7, 11) is 0. The van der Waals surface area contributed by atoms with Crippen LogP contribution in [-0.4, -0.2) is 48.5 Å². The smallest absolute Gasteiger partial charge is 0.232 e. The predicted molar refractivity (Wildman–Crippen MR) is 91.9 cm³/mol. The first-order valence-electron chi connectivity index (χ1n) is 7.69. The molecule has 0 radical (unpaired) electrons. The van der Waals surface area contributed by atoms with Gasteiger partial charge in [-0.15, -0.1) is 12.4 Å². The number of nitrogens with zero attached hydrogens (tertiary/aromatic N) is 1. The zero-order chi connectivity index (χ0) is 14.1. The van der Waals surface area contributed by atoms with Gasteiger partial charge in [-0.25, -0.2) is 0 Å². The molecule has 0 aliphatic carbocycles. The van der Waals surface area contributed by atoms with Crippen molar-refractivity contribution >= 4 is 30.1 Å². The van der Waals surface area contributed by atoms with Gasteiger partial charge in [0.2, 0.25) is 5.91 Å². The lowest BCUT2D eigenvalue weighted by Gasteiger charge is -2.32. The van der Waals surface area contributed by atoms with Gasteiger partial charge in [0.25, 0.3) is 0 Å². The molecule has 1 rings (SSSR count). The molecular weight excluding hydrogens is 292 g/mol. The number of carbonyl (C=O) groups excluding carboxylic acids is 1. The molecule has 1 amide bonds. The van der Waals surface area contributed by atoms with E-state index in [1.807, 2.05) is 0 Å². The SMILES string of the molecule is CCNCC1CCN(C(=O)CSCCC(C)C)CC1.Cl. The largest absolute Gasteiger partial charge is 0.342 e. The Hall–Kier alpha value is 0.0700. The second kappa shape index (κ2) is 11.7. The predicted octanol–water partition coefficient (Wildman–Crippen LogP) is 3.04. The number of likely N-dealkylation sites (tertiary alicyclic amines) is 1. The molecule has 0 aromatic carbocycles. The number of halogens is 1. The summed E-state index contributed by atoms with van der Waals surface area (Å²) in [6.45, 7) is 10.7. The molecule has 1 aliphatic heterocycles. The average molecular weight is 323 g/mol. The van der Waals surface area contributed by atoms with Gasteiger partial charge in [-0.2, -0.15) is 11.8 Å². The molecule has 0 unspecified atom stereocenters. The van der Waals surface area contributed by atoms with E-state index in [0.717, 1.165) is 56.6 Å². The molecular formula is C15H31ClN2OS. The third-order valence-electron chi connectivity index (χ3n) is 3.72. The van der Waals surface area contributed by atoms with Crippen LogP contribution in [0.2, 0.25) is 0 Å². The lowest BCUT2D eigenvalue weighted by molar-refractivity contribution is -0.129. The first kappa shape index (κ1) is 20.1. The van der Waals surface area contributed by atoms with Gasteiger partial charge in [-0.05, 0) is 49.9 Å². The highest BCUT2D eigenvalue weighted by Crippen LogP contribution is 2.18. The molecule has 0 bridgehead atoms. The molecule has 0 saturated carbocycles. The molecule has 0 aromatic heterocycles. The van der Waals surface area contributed by atoms with Crippen molar-refractivity contribution in [3.05, 3.63) is 0 Å². The molecule has 3 nitrogen and oxygen atoms in total. The van der Waals surface area contributed by atoms with E-state index in [4.69, 9.17) is 0 Å². The van der Waals surface area contributed by atoms with Crippen LogP contribution in [0, 0.1) is 11.8 Å². The first-order chi connectivity index (χ1) is 9.13. The van der Waals surface area contributed by atoms with E-state index in [2.05, 4.69) is 31.0 Å². The minimum atomic E-state index is 0. The van der Waals surface area contributed by atoms with Crippen LogP contribution < -0.4 is 5.32 Å². The fourth-order valence-electron chi connectivity index (χ4n) is 2.30. The normalized spacial score (nSPS) is 16.3. The van der Waals surface area contributed by atoms with E-state index in [0.29, 0.717) is 11.7 Å². The second-order valence-corrected chi connectivity index (χ2v) is 6.97. The molecule has 1 fully saturated rings. The molecule has 0 aromatic rings. The van der Waals surface area contributed by atoms with Gasteiger partial charge in [0.15, 0.2) is 0 Å². The summed E-state index contributed by atoms with van der Waals surface area (Å²) < 4.78 is 0. The lowest BCUT2D eigenvalue weighted by atomic mass is 9.97. The van der Waals surface area contributed by atoms with Gasteiger partial charge in [0, 0.05) is 13.1 Å². The van der Waals surface area contributed by atoms with Gasteiger partial charge in [-0.3, -0.25) is 4.79 Å². The van der Waals surface area contributed by atoms with Crippen LogP contribution >= 0.6 is 24.2 Å². The van der Waals surface area contributed by atoms with Gasteiger partial charge < -0.3 is 10.2 Å². The van der Waals surface area contributed by atoms with E-state index in [9.17, 15) is 4.79 Å². The fraction of sp³-hybridized carbons (Fsp3) is 0.933. The van der Waals surface area contributed by atoms with Gasteiger partial charge in [0.1, 0.15) is 0 Å². The van der Waals surface area contributed by atoms with Crippen molar-refractivity contribution in [2.45, 2.75) is 40.0 Å². The summed E-state index contributed by atoms with van der Waals surface area (Å²) in [5, 5.41) is 3.41. The Morgan fingerprint density at radius 1 is 1.35 bits per heavy atom. The summed E-state index contributed by atoms with van der Waals surface area (Å²) in [6, 6.07) is 0. The van der Waals surface area contributed by atoms with Crippen LogP contribution in [0.5, 0.6) is 0 Å². The number of piperidine rings is 1. The van der Waals surface area contributed by atoms with Crippen LogP contribution in [0.15, 0.2) is 0 Å². The maximum absolute atomic E-state index is 12.1. The Balaban J connectivity index is 0.00000361. The standard InChI is InChI=1S/C15H30N2OS.ClH/c1-4-16-11-14-5-8-17(9-6-14)15(18)12-19-10-7-13(2)3;/h13-14,16H,4-12H2,1-3H3;1H. The van der Waals surface area contributed by atoms with Crippen molar-refractivity contribution in [2.75, 3.05) is 37.7 Å². The van der Waals surface area contributed by atoms with Crippen molar-refractivity contribution in [1.29, 1.82) is 0 Å². The maximum atomic E-state index is 12.1. The Morgan fingerprint density at radius 2 is 2.00 bits per heavy atom. The lowest BCUT2D eigenvalue weighted by Crippen LogP contribution is -2.41. The summed E-state index contributed by atoms with van der Waals surface area (Å²) in [5.41, 5.74) is 0. The molecule has 0 spiro atoms. The molecule has 0 atom stereocenters. The highest BCUT2D eigenvalue weighted by molar-refractivity contribution is 7.99. The van der Waals surface area contributed by atoms with Crippen LogP contribution in [0.3, 0.4) is 0 Å². The number of thioether (sulfide) groups is 1. The molecule has 1 aliphatic rings. The number of rotatable bonds is 8. The van der Waals surface area contributed by atoms with Gasteiger partial charge in [-0.1, -0.05) is 20.8 Å². The van der Waals surface area contributed by atoms with Gasteiger partial charge >= 0.3 is 0 Å². The Morgan fingerprint density at radius 3 is 2.55 bits per heavy atom. The third-order valence-corrected chi connectivity index (χ3v) is 4.69. The van der Waals surface area contributed by atoms with E-state index < -0.39 is 0 Å². The molecule has 20 heavy (non-hydrogen) atoms. The molecule has 1 saturated heterocycles. The second-order valence-electron chi connectivity index (χ2n) is 5.87. The number of nitrogens with one attached hydrogen (secondary N) is 1. The van der Waals surface area contributed by atoms with Crippen LogP contribution in [0.25, 0.3) is 0 Å². The minimum absolute atomic E-state index is 0. The first-order valence-corrected chi connectivity index (χ1v) is 8.85. The fourth-order valence-corrected chi connectivity index (χ4v) is 3.44. The number of hydrogen-bond acceptors (Lipinski definition) is 3. The topological polar surface area (TPSA) is 32.3 Å². The summed E-state index contributed by atoms with van der Waals surface area (Å²) in [6.07, 6.45) is 3.54. The Bertz CT molecular complexity index is 256. The number of amides is 1. The molecule has 120 valence electrons. The van der Waals surface area contributed by atoms with Crippen molar-refractivity contribution in [1.82, 2.24) is 10.2 Å². The van der Waals surface area contributed by atoms with Crippen molar-refractivity contribution in [2.24, 2.45) is 11.8 Å². The van der Waals surface area contributed by atoms with E-state index in [1.54, 1.807) is 11.8 Å². The Labute approximate surface area is 135 Å². The highest BCUT2D eigenvalue weighted by Gasteiger charge is 2.22. The average Bonchev–Trinajstić information content (AvgIpc) is 2.41. The Kier molecular flexibility index (Phi) is 11.7. The third kappa shape index (κ3) is 8.38. The summed E-state index contributed by atoms with van der Waals surface area (Å²) in [4.78, 5) is 14.1. The highest BCUT2D eigenvalue weighted by atomic mass is 35.5. The minimum Gasteiger partial charge on any atom is -0.342 e. The van der Waals surface area contributed by atoms with Crippen molar-refractivity contribution in [3.8, 4) is 0 Å². The zero-order valence-corrected chi connectivity index (χ0v) is 14.8. The molecule has 1 N–H and O–H groups in total. The summed E-state index contributed by atoms with van der Waals surface area (Å²) >= 11 is 1.79. The number of hydrogen-bond donors (Lipinski definition) is 1. The maximum Gasteiger partial charge on any atom is 0.232 e. The number of carbonyl (C=O) groups is 1. The van der Waals surface area contributed by atoms with E-state index >= 15 is 0 Å². The summed E-state index contributed by atoms with van der Waals surface area (Å²) in [5.74, 6) is 3.63. The zero-order valence-electron chi connectivity index (χ0n) is 13.2. The monoisotopic (exact) mass is 322 g/mol.